The number of hydrogen-bond acceptors (Lipinski definition) is 2. The molecule has 0 bridgehead atoms. The van der Waals surface area contributed by atoms with E-state index in [-0.39, 0.29) is 0 Å². The van der Waals surface area contributed by atoms with Crippen molar-refractivity contribution in [1.82, 2.24) is 14.9 Å². The molecule has 2 atom stereocenters. The first kappa shape index (κ1) is 9.71. The number of nitrogens with one attached hydrogen (secondary N) is 1. The Kier molecular flexibility index (Phi) is 2.87. The molecule has 3 nitrogen and oxygen atoms in total. The van der Waals surface area contributed by atoms with Crippen molar-refractivity contribution in [2.45, 2.75) is 38.1 Å². The van der Waals surface area contributed by atoms with E-state index in [0.29, 0.717) is 12.0 Å². The van der Waals surface area contributed by atoms with E-state index < -0.39 is 0 Å². The topological polar surface area (TPSA) is 29.9 Å². The highest BCUT2D eigenvalue weighted by molar-refractivity contribution is 5.07. The third-order valence-electron chi connectivity index (χ3n) is 3.17. The van der Waals surface area contributed by atoms with Crippen LogP contribution in [0.15, 0.2) is 12.4 Å². The quantitative estimate of drug-likeness (QED) is 0.791. The lowest BCUT2D eigenvalue weighted by Gasteiger charge is -2.19. The third kappa shape index (κ3) is 1.69. The molecule has 1 fully saturated rings. The first-order valence-corrected chi connectivity index (χ1v) is 5.53. The molecule has 0 aliphatic heterocycles. The summed E-state index contributed by atoms with van der Waals surface area (Å²) in [5, 5.41) is 3.56. The maximum absolute atomic E-state index is 4.45. The Balaban J connectivity index is 2.13. The minimum absolute atomic E-state index is 0.620. The second-order valence-electron chi connectivity index (χ2n) is 4.10. The van der Waals surface area contributed by atoms with Gasteiger partial charge in [-0.3, -0.25) is 0 Å². The fourth-order valence-corrected chi connectivity index (χ4v) is 2.51. The Labute approximate surface area is 85.5 Å². The van der Waals surface area contributed by atoms with E-state index in [1.54, 1.807) is 0 Å². The van der Waals surface area contributed by atoms with Crippen LogP contribution in [0.2, 0.25) is 0 Å². The molecule has 0 radical (unpaired) electrons. The van der Waals surface area contributed by atoms with Crippen molar-refractivity contribution in [3.8, 4) is 0 Å². The van der Waals surface area contributed by atoms with Gasteiger partial charge in [0.05, 0.1) is 0 Å². The van der Waals surface area contributed by atoms with Crippen LogP contribution < -0.4 is 5.32 Å². The van der Waals surface area contributed by atoms with Crippen LogP contribution in [0.3, 0.4) is 0 Å². The molecule has 0 amide bonds. The lowest BCUT2D eigenvalue weighted by atomic mass is 10.0. The van der Waals surface area contributed by atoms with E-state index in [0.717, 1.165) is 6.54 Å². The lowest BCUT2D eigenvalue weighted by Crippen LogP contribution is -2.32. The van der Waals surface area contributed by atoms with Crippen LogP contribution in [-0.2, 0) is 7.05 Å². The first-order chi connectivity index (χ1) is 6.83. The normalized spacial score (nSPS) is 27.0. The predicted molar refractivity (Wildman–Crippen MR) is 57.3 cm³/mol. The third-order valence-corrected chi connectivity index (χ3v) is 3.17. The van der Waals surface area contributed by atoms with E-state index in [1.807, 2.05) is 12.4 Å². The number of hydrogen-bond donors (Lipinski definition) is 1. The summed E-state index contributed by atoms with van der Waals surface area (Å²) < 4.78 is 2.15. The van der Waals surface area contributed by atoms with Gasteiger partial charge in [-0.05, 0) is 19.4 Å². The monoisotopic (exact) mass is 193 g/mol. The van der Waals surface area contributed by atoms with Crippen LogP contribution in [0.25, 0.3) is 0 Å². The second kappa shape index (κ2) is 4.13. The van der Waals surface area contributed by atoms with Gasteiger partial charge in [0.25, 0.3) is 0 Å². The lowest BCUT2D eigenvalue weighted by molar-refractivity contribution is 0.469. The Morgan fingerprint density at radius 3 is 3.07 bits per heavy atom. The van der Waals surface area contributed by atoms with Gasteiger partial charge in [-0.2, -0.15) is 0 Å². The molecule has 0 aromatic carbocycles. The van der Waals surface area contributed by atoms with E-state index >= 15 is 0 Å². The molecule has 1 aliphatic carbocycles. The van der Waals surface area contributed by atoms with Crippen molar-refractivity contribution in [3.05, 3.63) is 18.2 Å². The molecule has 0 spiro atoms. The molecule has 0 saturated heterocycles. The first-order valence-electron chi connectivity index (χ1n) is 5.53. The number of aryl methyl sites for hydroxylation is 1. The molecule has 2 unspecified atom stereocenters. The summed E-state index contributed by atoms with van der Waals surface area (Å²) in [4.78, 5) is 4.45. The van der Waals surface area contributed by atoms with Crippen molar-refractivity contribution in [2.24, 2.45) is 7.05 Å². The summed E-state index contributed by atoms with van der Waals surface area (Å²) in [6.07, 6.45) is 7.84. The zero-order valence-electron chi connectivity index (χ0n) is 9.03. The Morgan fingerprint density at radius 2 is 2.43 bits per heavy atom. The minimum atomic E-state index is 0.620. The summed E-state index contributed by atoms with van der Waals surface area (Å²) in [7, 11) is 2.09. The summed E-state index contributed by atoms with van der Waals surface area (Å²) in [5.41, 5.74) is 0. The van der Waals surface area contributed by atoms with Crippen molar-refractivity contribution < 1.29 is 0 Å². The fourth-order valence-electron chi connectivity index (χ4n) is 2.51. The van der Waals surface area contributed by atoms with Crippen LogP contribution in [0, 0.1) is 0 Å². The molecule has 14 heavy (non-hydrogen) atoms. The van der Waals surface area contributed by atoms with Gasteiger partial charge < -0.3 is 9.88 Å². The fraction of sp³-hybridized carbons (Fsp3) is 0.727. The Bertz CT molecular complexity index is 292. The molecule has 1 N–H and O–H groups in total. The molecule has 2 rings (SSSR count). The standard InChI is InChI=1S/C11H19N3/c1-3-12-10-6-4-5-9(10)11-13-7-8-14(11)2/h7-10,12H,3-6H2,1-2H3. The zero-order valence-corrected chi connectivity index (χ0v) is 9.03. The number of aromatic nitrogens is 2. The van der Waals surface area contributed by atoms with Crippen molar-refractivity contribution in [3.63, 3.8) is 0 Å². The molecule has 78 valence electrons. The van der Waals surface area contributed by atoms with Gasteiger partial charge in [0.2, 0.25) is 0 Å². The molecule has 1 aromatic rings. The van der Waals surface area contributed by atoms with Gasteiger partial charge in [0.1, 0.15) is 5.82 Å². The van der Waals surface area contributed by atoms with Gasteiger partial charge >= 0.3 is 0 Å². The molecular weight excluding hydrogens is 174 g/mol. The maximum atomic E-state index is 4.45. The molecule has 1 aliphatic rings. The molecule has 3 heteroatoms. The van der Waals surface area contributed by atoms with Gasteiger partial charge in [-0.15, -0.1) is 0 Å². The summed E-state index contributed by atoms with van der Waals surface area (Å²) in [6.45, 7) is 3.24. The van der Waals surface area contributed by atoms with E-state index in [4.69, 9.17) is 0 Å². The molecule has 1 heterocycles. The summed E-state index contributed by atoms with van der Waals surface area (Å²) in [5.74, 6) is 1.86. The zero-order chi connectivity index (χ0) is 9.97. The summed E-state index contributed by atoms with van der Waals surface area (Å²) in [6, 6.07) is 0.640. The average molecular weight is 193 g/mol. The number of nitrogens with zero attached hydrogens (tertiary/aromatic N) is 2. The number of likely N-dealkylation sites (N-methyl/N-ethyl adjacent to an activating group) is 1. The predicted octanol–water partition coefficient (Wildman–Crippen LogP) is 1.67. The van der Waals surface area contributed by atoms with Crippen molar-refractivity contribution >= 4 is 0 Å². The van der Waals surface area contributed by atoms with Crippen molar-refractivity contribution in [2.75, 3.05) is 6.54 Å². The molecule has 1 aromatic heterocycles. The molecular formula is C11H19N3. The van der Waals surface area contributed by atoms with Gasteiger partial charge in [-0.1, -0.05) is 13.3 Å². The van der Waals surface area contributed by atoms with Crippen LogP contribution in [0.1, 0.15) is 37.9 Å². The van der Waals surface area contributed by atoms with Crippen LogP contribution >= 0.6 is 0 Å². The number of imidazole rings is 1. The van der Waals surface area contributed by atoms with Gasteiger partial charge in [0, 0.05) is 31.4 Å². The Morgan fingerprint density at radius 1 is 1.57 bits per heavy atom. The van der Waals surface area contributed by atoms with E-state index in [1.165, 1.54) is 25.1 Å². The van der Waals surface area contributed by atoms with E-state index in [2.05, 4.69) is 28.8 Å². The highest BCUT2D eigenvalue weighted by atomic mass is 15.1. The molecule has 1 saturated carbocycles. The van der Waals surface area contributed by atoms with Gasteiger partial charge in [-0.25, -0.2) is 4.98 Å². The highest BCUT2D eigenvalue weighted by Crippen LogP contribution is 2.33. The van der Waals surface area contributed by atoms with Crippen LogP contribution in [0.4, 0.5) is 0 Å². The van der Waals surface area contributed by atoms with Crippen molar-refractivity contribution in [1.29, 1.82) is 0 Å². The van der Waals surface area contributed by atoms with E-state index in [9.17, 15) is 0 Å². The maximum Gasteiger partial charge on any atom is 0.113 e. The SMILES string of the molecule is CCNC1CCCC1c1nccn1C. The summed E-state index contributed by atoms with van der Waals surface area (Å²) >= 11 is 0. The highest BCUT2D eigenvalue weighted by Gasteiger charge is 2.30. The van der Waals surface area contributed by atoms with Crippen LogP contribution in [-0.4, -0.2) is 22.1 Å². The smallest absolute Gasteiger partial charge is 0.113 e. The largest absolute Gasteiger partial charge is 0.338 e. The minimum Gasteiger partial charge on any atom is -0.338 e. The van der Waals surface area contributed by atoms with Gasteiger partial charge in [0.15, 0.2) is 0 Å². The Hall–Kier alpha value is -0.830. The average Bonchev–Trinajstić information content (AvgIpc) is 2.74. The van der Waals surface area contributed by atoms with Crippen LogP contribution in [0.5, 0.6) is 0 Å². The number of rotatable bonds is 3. The second-order valence-corrected chi connectivity index (χ2v) is 4.10.